The molecule has 1 aromatic heterocycles. The standard InChI is InChI=1S/C30H31N7O6S/c1-36(24-12-13-25(37(40)41)29-28(24)33-43-34-29)17-26(38)31-15-14-18-8-10-21(11-9-18)44(42)35-30(39)32-27-22-6-2-4-19(22)16-20-5-3-7-23(20)27/h8-13,16H,2-7,14-15,17H2,1H3,(H,31,38)(H2,32,35,39). The van der Waals surface area contributed by atoms with Crippen molar-refractivity contribution >= 4 is 51.4 Å². The van der Waals surface area contributed by atoms with E-state index in [1.165, 1.54) is 34.4 Å². The zero-order chi connectivity index (χ0) is 30.8. The van der Waals surface area contributed by atoms with Gasteiger partial charge in [0.2, 0.25) is 11.4 Å². The summed E-state index contributed by atoms with van der Waals surface area (Å²) >= 11 is -1.73. The lowest BCUT2D eigenvalue weighted by molar-refractivity contribution is -0.383. The molecule has 4 aromatic rings. The van der Waals surface area contributed by atoms with E-state index in [0.29, 0.717) is 23.5 Å². The molecule has 0 saturated heterocycles. The van der Waals surface area contributed by atoms with Gasteiger partial charge in [0.15, 0.2) is 10.4 Å². The highest BCUT2D eigenvalue weighted by molar-refractivity contribution is 7.90. The van der Waals surface area contributed by atoms with Crippen LogP contribution in [0, 0.1) is 10.1 Å². The van der Waals surface area contributed by atoms with Crippen molar-refractivity contribution in [2.45, 2.75) is 49.8 Å². The number of amides is 3. The summed E-state index contributed by atoms with van der Waals surface area (Å²) in [7, 11) is 1.67. The van der Waals surface area contributed by atoms with E-state index in [4.69, 9.17) is 0 Å². The molecule has 1 heterocycles. The van der Waals surface area contributed by atoms with Crippen LogP contribution in [0.3, 0.4) is 0 Å². The van der Waals surface area contributed by atoms with Gasteiger partial charge in [-0.15, -0.1) is 4.72 Å². The lowest BCUT2D eigenvalue weighted by Crippen LogP contribution is -2.36. The van der Waals surface area contributed by atoms with E-state index in [1.54, 1.807) is 24.1 Å². The van der Waals surface area contributed by atoms with Gasteiger partial charge in [0, 0.05) is 25.3 Å². The van der Waals surface area contributed by atoms with Crippen molar-refractivity contribution in [1.82, 2.24) is 20.4 Å². The van der Waals surface area contributed by atoms with E-state index in [2.05, 4.69) is 36.4 Å². The predicted octanol–water partition coefficient (Wildman–Crippen LogP) is 3.75. The third-order valence-corrected chi connectivity index (χ3v) is 9.20. The summed E-state index contributed by atoms with van der Waals surface area (Å²) in [6, 6.07) is 11.6. The SMILES string of the molecule is CN(CC(=O)NCCc1ccc([S+]([O-])NC(=O)Nc2c3c(cc4c2CCC4)CCC3)cc1)c1ccc([N+](=O)[O-])c2nonc12. The normalized spacial score (nSPS) is 14.1. The number of anilines is 2. The van der Waals surface area contributed by atoms with Crippen molar-refractivity contribution in [2.24, 2.45) is 0 Å². The van der Waals surface area contributed by atoms with Gasteiger partial charge in [0.1, 0.15) is 11.4 Å². The van der Waals surface area contributed by atoms with Crippen molar-refractivity contribution in [3.63, 3.8) is 0 Å². The maximum atomic E-state index is 12.9. The van der Waals surface area contributed by atoms with E-state index in [9.17, 15) is 24.3 Å². The number of fused-ring (bicyclic) bond motifs is 3. The number of urea groups is 1. The molecule has 2 aliphatic rings. The first-order chi connectivity index (χ1) is 21.3. The third kappa shape index (κ3) is 6.03. The molecule has 0 spiro atoms. The van der Waals surface area contributed by atoms with Crippen LogP contribution in [0.2, 0.25) is 0 Å². The molecule has 13 nitrogen and oxygen atoms in total. The van der Waals surface area contributed by atoms with Crippen molar-refractivity contribution in [2.75, 3.05) is 30.4 Å². The van der Waals surface area contributed by atoms with Crippen LogP contribution < -0.4 is 20.3 Å². The zero-order valence-corrected chi connectivity index (χ0v) is 24.9. The molecule has 3 amide bonds. The number of nitrogens with one attached hydrogen (secondary N) is 3. The van der Waals surface area contributed by atoms with Crippen LogP contribution in [0.5, 0.6) is 0 Å². The Balaban J connectivity index is 0.984. The smallest absolute Gasteiger partial charge is 0.361 e. The van der Waals surface area contributed by atoms with Gasteiger partial charge >= 0.3 is 11.7 Å². The third-order valence-electron chi connectivity index (χ3n) is 8.13. The van der Waals surface area contributed by atoms with Crippen molar-refractivity contribution in [1.29, 1.82) is 0 Å². The number of nitro benzene ring substituents is 1. The number of non-ortho nitro benzene ring substituents is 1. The molecule has 2 aliphatic carbocycles. The van der Waals surface area contributed by atoms with Crippen LogP contribution in [0.25, 0.3) is 11.0 Å². The van der Waals surface area contributed by atoms with Gasteiger partial charge in [0.05, 0.1) is 17.2 Å². The number of likely N-dealkylation sites (N-methyl/N-ethyl adjacent to an activating group) is 1. The number of rotatable bonds is 10. The molecule has 3 N–H and O–H groups in total. The molecule has 1 unspecified atom stereocenters. The van der Waals surface area contributed by atoms with Crippen LogP contribution in [0.15, 0.2) is 52.0 Å². The Morgan fingerprint density at radius 2 is 1.68 bits per heavy atom. The van der Waals surface area contributed by atoms with E-state index in [-0.39, 0.29) is 29.2 Å². The predicted molar refractivity (Wildman–Crippen MR) is 164 cm³/mol. The number of aromatic nitrogens is 2. The van der Waals surface area contributed by atoms with Gasteiger partial charge in [-0.05, 0) is 101 Å². The summed E-state index contributed by atoms with van der Waals surface area (Å²) in [5, 5.41) is 24.4. The quantitative estimate of drug-likeness (QED) is 0.136. The number of benzene rings is 3. The molecule has 0 saturated carbocycles. The van der Waals surface area contributed by atoms with E-state index in [1.807, 2.05) is 12.1 Å². The molecule has 14 heteroatoms. The Morgan fingerprint density at radius 1 is 1.00 bits per heavy atom. The minimum Gasteiger partial charge on any atom is -0.588 e. The van der Waals surface area contributed by atoms with Crippen molar-refractivity contribution < 1.29 is 23.7 Å². The van der Waals surface area contributed by atoms with Gasteiger partial charge in [-0.2, -0.15) is 0 Å². The molecule has 1 atom stereocenters. The average molecular weight is 618 g/mol. The Morgan fingerprint density at radius 3 is 2.36 bits per heavy atom. The molecule has 44 heavy (non-hydrogen) atoms. The fraction of sp³-hybridized carbons (Fsp3) is 0.333. The number of aryl methyl sites for hydroxylation is 2. The minimum absolute atomic E-state index is 0.0139. The molecule has 0 bridgehead atoms. The molecular formula is C30H31N7O6S. The number of carbonyl (C=O) groups excluding carboxylic acids is 2. The first-order valence-corrected chi connectivity index (χ1v) is 15.6. The molecule has 228 valence electrons. The number of nitrogens with zero attached hydrogens (tertiary/aromatic N) is 4. The maximum Gasteiger partial charge on any atom is 0.361 e. The van der Waals surface area contributed by atoms with Crippen LogP contribution in [-0.2, 0) is 48.3 Å². The first kappa shape index (κ1) is 29.4. The summed E-state index contributed by atoms with van der Waals surface area (Å²) in [5.41, 5.74) is 7.35. The molecule has 0 radical (unpaired) electrons. The highest BCUT2D eigenvalue weighted by atomic mass is 32.2. The van der Waals surface area contributed by atoms with Crippen LogP contribution in [0.1, 0.15) is 40.7 Å². The van der Waals surface area contributed by atoms with E-state index < -0.39 is 22.3 Å². The lowest BCUT2D eigenvalue weighted by Gasteiger charge is -2.18. The summed E-state index contributed by atoms with van der Waals surface area (Å²) < 4.78 is 20.1. The van der Waals surface area contributed by atoms with Gasteiger partial charge in [-0.3, -0.25) is 14.9 Å². The second-order valence-electron chi connectivity index (χ2n) is 11.0. The largest absolute Gasteiger partial charge is 0.588 e. The zero-order valence-electron chi connectivity index (χ0n) is 24.1. The fourth-order valence-corrected chi connectivity index (χ4v) is 6.75. The lowest BCUT2D eigenvalue weighted by atomic mass is 9.99. The Labute approximate surface area is 255 Å². The van der Waals surface area contributed by atoms with Crippen LogP contribution >= 0.6 is 0 Å². The number of nitro groups is 1. The second kappa shape index (κ2) is 12.5. The molecule has 0 aliphatic heterocycles. The van der Waals surface area contributed by atoms with Gasteiger partial charge in [-0.1, -0.05) is 18.2 Å². The molecular weight excluding hydrogens is 586 g/mol. The topological polar surface area (TPSA) is 179 Å². The minimum atomic E-state index is -1.73. The van der Waals surface area contributed by atoms with E-state index in [0.717, 1.165) is 49.8 Å². The number of hydrogen-bond acceptors (Lipinski definition) is 9. The number of carbonyl (C=O) groups is 2. The monoisotopic (exact) mass is 617 g/mol. The summed E-state index contributed by atoms with van der Waals surface area (Å²) in [5.74, 6) is -0.252. The highest BCUT2D eigenvalue weighted by Gasteiger charge is 2.26. The van der Waals surface area contributed by atoms with Gasteiger partial charge in [-0.25, -0.2) is 9.42 Å². The van der Waals surface area contributed by atoms with Crippen molar-refractivity contribution in [3.8, 4) is 0 Å². The average Bonchev–Trinajstić information content (AvgIpc) is 3.77. The maximum absolute atomic E-state index is 12.9. The molecule has 3 aromatic carbocycles. The summed E-state index contributed by atoms with van der Waals surface area (Å²) in [6.45, 7) is 0.350. The van der Waals surface area contributed by atoms with Crippen LogP contribution in [0.4, 0.5) is 21.9 Å². The molecule has 0 fully saturated rings. The van der Waals surface area contributed by atoms with E-state index >= 15 is 0 Å². The summed E-state index contributed by atoms with van der Waals surface area (Å²) in [4.78, 5) is 38.1. The van der Waals surface area contributed by atoms with Gasteiger partial charge < -0.3 is 20.1 Å². The second-order valence-corrected chi connectivity index (χ2v) is 12.2. The summed E-state index contributed by atoms with van der Waals surface area (Å²) in [6.07, 6.45) is 6.67. The highest BCUT2D eigenvalue weighted by Crippen LogP contribution is 2.38. The van der Waals surface area contributed by atoms with Crippen molar-refractivity contribution in [3.05, 3.63) is 80.4 Å². The Hall–Kier alpha value is -4.69. The molecule has 6 rings (SSSR count). The fourth-order valence-electron chi connectivity index (χ4n) is 6.03. The van der Waals surface area contributed by atoms with Crippen LogP contribution in [-0.4, -0.2) is 51.9 Å². The first-order valence-electron chi connectivity index (χ1n) is 14.4. The Bertz CT molecular complexity index is 1710. The Kier molecular flexibility index (Phi) is 8.35. The van der Waals surface area contributed by atoms with Gasteiger partial charge in [0.25, 0.3) is 0 Å². The number of hydrogen-bond donors (Lipinski definition) is 3.